The third kappa shape index (κ3) is 3.82. The molecule has 0 aliphatic carbocycles. The number of ether oxygens (including phenoxy) is 1. The Hall–Kier alpha value is -2.25. The van der Waals surface area contributed by atoms with Crippen LogP contribution in [0.4, 0.5) is 0 Å². The number of nitrogens with two attached hydrogens (primary N) is 1. The van der Waals surface area contributed by atoms with E-state index in [1.54, 1.807) is 18.9 Å². The fourth-order valence-corrected chi connectivity index (χ4v) is 4.12. The van der Waals surface area contributed by atoms with Crippen LogP contribution in [0, 0.1) is 0 Å². The molecule has 5 nitrogen and oxygen atoms in total. The third-order valence-electron chi connectivity index (χ3n) is 4.22. The Morgan fingerprint density at radius 3 is 2.68 bits per heavy atom. The first-order valence-electron chi connectivity index (χ1n) is 8.34. The van der Waals surface area contributed by atoms with Gasteiger partial charge in [-0.2, -0.15) is 0 Å². The molecule has 144 valence electrons. The van der Waals surface area contributed by atoms with E-state index in [2.05, 4.69) is 16.3 Å². The van der Waals surface area contributed by atoms with E-state index in [-0.39, 0.29) is 12.4 Å². The van der Waals surface area contributed by atoms with Crippen LogP contribution in [-0.2, 0) is 6.54 Å². The van der Waals surface area contributed by atoms with E-state index in [1.165, 1.54) is 0 Å². The molecule has 0 radical (unpaired) electrons. The average Bonchev–Trinajstić information content (AvgIpc) is 3.12. The highest BCUT2D eigenvalue weighted by Crippen LogP contribution is 2.35. The van der Waals surface area contributed by atoms with Crippen LogP contribution in [0.3, 0.4) is 0 Å². The molecule has 0 spiro atoms. The molecule has 2 N–H and O–H groups in total. The van der Waals surface area contributed by atoms with Gasteiger partial charge >= 0.3 is 0 Å². The zero-order valence-electron chi connectivity index (χ0n) is 15.0. The van der Waals surface area contributed by atoms with Crippen molar-refractivity contribution in [2.45, 2.75) is 16.3 Å². The van der Waals surface area contributed by atoms with Gasteiger partial charge in [-0.25, -0.2) is 0 Å². The predicted molar refractivity (Wildman–Crippen MR) is 116 cm³/mol. The van der Waals surface area contributed by atoms with E-state index in [0.29, 0.717) is 23.1 Å². The quantitative estimate of drug-likeness (QED) is 0.475. The van der Waals surface area contributed by atoms with Gasteiger partial charge in [0.05, 0.1) is 12.1 Å². The molecular formula is C20H18Cl2N4OS. The second-order valence-corrected chi connectivity index (χ2v) is 7.35. The lowest BCUT2D eigenvalue weighted by Gasteiger charge is -2.09. The van der Waals surface area contributed by atoms with Crippen LogP contribution in [0.15, 0.2) is 70.6 Å². The van der Waals surface area contributed by atoms with Crippen molar-refractivity contribution in [2.24, 2.45) is 5.73 Å². The number of aromatic nitrogens is 3. The first-order chi connectivity index (χ1) is 13.2. The second kappa shape index (κ2) is 8.84. The minimum Gasteiger partial charge on any atom is -0.495 e. The zero-order chi connectivity index (χ0) is 18.8. The lowest BCUT2D eigenvalue weighted by Crippen LogP contribution is -1.98. The van der Waals surface area contributed by atoms with Crippen LogP contribution in [0.5, 0.6) is 5.75 Å². The number of hydrogen-bond acceptors (Lipinski definition) is 5. The monoisotopic (exact) mass is 432 g/mol. The number of fused-ring (bicyclic) bond motifs is 1. The molecule has 0 atom stereocenters. The number of methoxy groups -OCH3 is 1. The molecule has 0 bridgehead atoms. The van der Waals surface area contributed by atoms with Gasteiger partial charge in [0.2, 0.25) is 0 Å². The van der Waals surface area contributed by atoms with Gasteiger partial charge in [0.1, 0.15) is 5.75 Å². The minimum atomic E-state index is 0. The largest absolute Gasteiger partial charge is 0.495 e. The molecule has 8 heteroatoms. The van der Waals surface area contributed by atoms with E-state index in [1.807, 2.05) is 59.1 Å². The normalized spacial score (nSPS) is 10.7. The number of nitrogens with zero attached hydrogens (tertiary/aromatic N) is 3. The summed E-state index contributed by atoms with van der Waals surface area (Å²) in [4.78, 5) is 2.19. The molecule has 0 saturated carbocycles. The Labute approximate surface area is 178 Å². The lowest BCUT2D eigenvalue weighted by molar-refractivity contribution is 0.415. The van der Waals surface area contributed by atoms with Crippen LogP contribution in [-0.4, -0.2) is 21.7 Å². The van der Waals surface area contributed by atoms with Crippen LogP contribution < -0.4 is 10.5 Å². The summed E-state index contributed by atoms with van der Waals surface area (Å²) < 4.78 is 7.26. The van der Waals surface area contributed by atoms with E-state index in [0.717, 1.165) is 26.6 Å². The van der Waals surface area contributed by atoms with Gasteiger partial charge in [0.25, 0.3) is 0 Å². The van der Waals surface area contributed by atoms with Gasteiger partial charge < -0.3 is 10.5 Å². The molecule has 28 heavy (non-hydrogen) atoms. The minimum absolute atomic E-state index is 0. The summed E-state index contributed by atoms with van der Waals surface area (Å²) in [5.74, 6) is 1.27. The molecular weight excluding hydrogens is 415 g/mol. The fourth-order valence-electron chi connectivity index (χ4n) is 2.86. The predicted octanol–water partition coefficient (Wildman–Crippen LogP) is 5.09. The van der Waals surface area contributed by atoms with Crippen molar-refractivity contribution in [1.82, 2.24) is 14.6 Å². The van der Waals surface area contributed by atoms with Crippen LogP contribution >= 0.6 is 35.8 Å². The van der Waals surface area contributed by atoms with Gasteiger partial charge in [-0.1, -0.05) is 47.6 Å². The van der Waals surface area contributed by atoms with Gasteiger partial charge in [0, 0.05) is 28.1 Å². The summed E-state index contributed by atoms with van der Waals surface area (Å²) in [7, 11) is 1.59. The highest BCUT2D eigenvalue weighted by atomic mass is 35.5. The first-order valence-corrected chi connectivity index (χ1v) is 9.54. The van der Waals surface area contributed by atoms with E-state index >= 15 is 0 Å². The molecule has 0 amide bonds. The number of benzene rings is 2. The highest BCUT2D eigenvalue weighted by Gasteiger charge is 2.15. The van der Waals surface area contributed by atoms with Crippen molar-refractivity contribution in [3.05, 3.63) is 71.4 Å². The smallest absolute Gasteiger partial charge is 0.170 e. The van der Waals surface area contributed by atoms with E-state index in [4.69, 9.17) is 22.1 Å². The standard InChI is InChI=1S/C20H17ClN4OS.ClH/c1-26-16-7-4-6-15(19(16)21)20-24-23-18-10-9-14(12-25(18)20)27-17-8-3-2-5-13(17)11-22;/h2-10,12H,11,22H2,1H3;1H. The molecule has 0 saturated heterocycles. The fraction of sp³-hybridized carbons (Fsp3) is 0.100. The lowest BCUT2D eigenvalue weighted by atomic mass is 10.2. The third-order valence-corrected chi connectivity index (χ3v) is 5.70. The number of halogens is 2. The molecule has 0 aliphatic heterocycles. The SMILES string of the molecule is COc1cccc(-c2nnc3ccc(Sc4ccccc4CN)cn23)c1Cl.Cl. The molecule has 0 unspecified atom stereocenters. The molecule has 2 aromatic carbocycles. The van der Waals surface area contributed by atoms with Crippen LogP contribution in [0.25, 0.3) is 17.0 Å². The number of hydrogen-bond donors (Lipinski definition) is 1. The van der Waals surface area contributed by atoms with E-state index in [9.17, 15) is 0 Å². The van der Waals surface area contributed by atoms with E-state index < -0.39 is 0 Å². The van der Waals surface area contributed by atoms with Crippen molar-refractivity contribution in [3.8, 4) is 17.1 Å². The maximum absolute atomic E-state index is 6.48. The average molecular weight is 433 g/mol. The first kappa shape index (κ1) is 20.5. The molecule has 4 rings (SSSR count). The van der Waals surface area contributed by atoms with Gasteiger partial charge in [0.15, 0.2) is 11.5 Å². The van der Waals surface area contributed by atoms with Crippen molar-refractivity contribution in [3.63, 3.8) is 0 Å². The molecule has 4 aromatic rings. The van der Waals surface area contributed by atoms with Gasteiger partial charge in [-0.05, 0) is 35.9 Å². The summed E-state index contributed by atoms with van der Waals surface area (Å²) >= 11 is 8.14. The van der Waals surface area contributed by atoms with Crippen molar-refractivity contribution >= 4 is 41.4 Å². The Kier molecular flexibility index (Phi) is 6.46. The van der Waals surface area contributed by atoms with Crippen LogP contribution in [0.2, 0.25) is 5.02 Å². The molecule has 2 aromatic heterocycles. The number of pyridine rings is 1. The van der Waals surface area contributed by atoms with Crippen molar-refractivity contribution < 1.29 is 4.74 Å². The summed E-state index contributed by atoms with van der Waals surface area (Å²) in [6.45, 7) is 0.503. The molecule has 2 heterocycles. The van der Waals surface area contributed by atoms with Crippen molar-refractivity contribution in [1.29, 1.82) is 0 Å². The summed E-state index contributed by atoms with van der Waals surface area (Å²) in [6.07, 6.45) is 2.01. The maximum Gasteiger partial charge on any atom is 0.170 e. The highest BCUT2D eigenvalue weighted by molar-refractivity contribution is 7.99. The Balaban J connectivity index is 0.00000225. The Morgan fingerprint density at radius 2 is 1.89 bits per heavy atom. The zero-order valence-corrected chi connectivity index (χ0v) is 17.4. The Morgan fingerprint density at radius 1 is 1.07 bits per heavy atom. The molecule has 0 aliphatic rings. The van der Waals surface area contributed by atoms with Crippen molar-refractivity contribution in [2.75, 3.05) is 7.11 Å². The topological polar surface area (TPSA) is 65.4 Å². The second-order valence-electron chi connectivity index (χ2n) is 5.85. The van der Waals surface area contributed by atoms with Gasteiger partial charge in [-0.15, -0.1) is 22.6 Å². The summed E-state index contributed by atoms with van der Waals surface area (Å²) in [5, 5.41) is 9.10. The Bertz CT molecular complexity index is 1120. The maximum atomic E-state index is 6.48. The summed E-state index contributed by atoms with van der Waals surface area (Å²) in [5.41, 5.74) is 8.49. The summed E-state index contributed by atoms with van der Waals surface area (Å²) in [6, 6.07) is 17.7. The van der Waals surface area contributed by atoms with Gasteiger partial charge in [-0.3, -0.25) is 4.40 Å². The van der Waals surface area contributed by atoms with Crippen LogP contribution in [0.1, 0.15) is 5.56 Å². The number of rotatable bonds is 5. The molecule has 0 fully saturated rings.